The minimum Gasteiger partial charge on any atom is -0.377 e. The summed E-state index contributed by atoms with van der Waals surface area (Å²) < 4.78 is 5.76. The Labute approximate surface area is 144 Å². The Hall–Kier alpha value is -1.39. The molecule has 1 aliphatic carbocycles. The lowest BCUT2D eigenvalue weighted by Crippen LogP contribution is -2.38. The van der Waals surface area contributed by atoms with Crippen LogP contribution < -0.4 is 0 Å². The van der Waals surface area contributed by atoms with Gasteiger partial charge >= 0.3 is 0 Å². The van der Waals surface area contributed by atoms with E-state index >= 15 is 0 Å². The molecule has 1 saturated carbocycles. The maximum atomic E-state index is 12.8. The van der Waals surface area contributed by atoms with E-state index in [1.807, 2.05) is 6.07 Å². The molecule has 3 aliphatic rings. The smallest absolute Gasteiger partial charge is 0.226 e. The molecule has 0 N–H and O–H groups in total. The van der Waals surface area contributed by atoms with Crippen LogP contribution in [0.1, 0.15) is 37.2 Å². The molecule has 0 aromatic heterocycles. The van der Waals surface area contributed by atoms with Crippen LogP contribution in [0.15, 0.2) is 30.3 Å². The zero-order valence-electron chi connectivity index (χ0n) is 14.4. The zero-order chi connectivity index (χ0) is 16.4. The van der Waals surface area contributed by atoms with Gasteiger partial charge < -0.3 is 9.64 Å². The number of carbonyl (C=O) groups excluding carboxylic acids is 1. The van der Waals surface area contributed by atoms with Gasteiger partial charge in [0.15, 0.2) is 0 Å². The zero-order valence-corrected chi connectivity index (χ0v) is 14.4. The fourth-order valence-corrected chi connectivity index (χ4v) is 4.22. The van der Waals surface area contributed by atoms with E-state index in [0.29, 0.717) is 17.9 Å². The van der Waals surface area contributed by atoms with Gasteiger partial charge in [-0.15, -0.1) is 0 Å². The SMILES string of the molecule is O=C([C@H]1C[C@@H]1c1ccccc1)N1CCCN(CC2CCCO2)CC1. The second kappa shape index (κ2) is 7.24. The van der Waals surface area contributed by atoms with Gasteiger partial charge in [0, 0.05) is 38.7 Å². The van der Waals surface area contributed by atoms with Gasteiger partial charge in [0.25, 0.3) is 0 Å². The third-order valence-electron chi connectivity index (χ3n) is 5.72. The van der Waals surface area contributed by atoms with Gasteiger partial charge in [-0.3, -0.25) is 9.69 Å². The molecule has 4 heteroatoms. The summed E-state index contributed by atoms with van der Waals surface area (Å²) in [5.74, 6) is 1.05. The van der Waals surface area contributed by atoms with Gasteiger partial charge in [-0.05, 0) is 43.7 Å². The van der Waals surface area contributed by atoms with E-state index < -0.39 is 0 Å². The van der Waals surface area contributed by atoms with E-state index in [1.165, 1.54) is 18.4 Å². The van der Waals surface area contributed by atoms with Crippen molar-refractivity contribution in [3.63, 3.8) is 0 Å². The first-order valence-corrected chi connectivity index (χ1v) is 9.49. The fraction of sp³-hybridized carbons (Fsp3) is 0.650. The number of ether oxygens (including phenoxy) is 1. The van der Waals surface area contributed by atoms with Gasteiger partial charge in [-0.25, -0.2) is 0 Å². The minimum atomic E-state index is 0.220. The Balaban J connectivity index is 1.28. The Morgan fingerprint density at radius 3 is 2.75 bits per heavy atom. The van der Waals surface area contributed by atoms with E-state index in [1.54, 1.807) is 0 Å². The van der Waals surface area contributed by atoms with Gasteiger partial charge in [-0.1, -0.05) is 30.3 Å². The topological polar surface area (TPSA) is 32.8 Å². The Kier molecular flexibility index (Phi) is 4.86. The van der Waals surface area contributed by atoms with Crippen LogP contribution in [0, 0.1) is 5.92 Å². The van der Waals surface area contributed by atoms with Gasteiger partial charge in [-0.2, -0.15) is 0 Å². The van der Waals surface area contributed by atoms with Crippen LogP contribution in [0.2, 0.25) is 0 Å². The normalized spacial score (nSPS) is 31.0. The first-order chi connectivity index (χ1) is 11.8. The third kappa shape index (κ3) is 3.65. The van der Waals surface area contributed by atoms with Crippen molar-refractivity contribution in [2.75, 3.05) is 39.3 Å². The molecule has 0 radical (unpaired) electrons. The average molecular weight is 328 g/mol. The molecule has 4 nitrogen and oxygen atoms in total. The summed E-state index contributed by atoms with van der Waals surface area (Å²) in [7, 11) is 0. The molecule has 24 heavy (non-hydrogen) atoms. The highest BCUT2D eigenvalue weighted by atomic mass is 16.5. The first kappa shape index (κ1) is 16.1. The van der Waals surface area contributed by atoms with E-state index in [-0.39, 0.29) is 5.92 Å². The van der Waals surface area contributed by atoms with E-state index in [9.17, 15) is 4.79 Å². The lowest BCUT2D eigenvalue weighted by atomic mass is 10.1. The molecule has 2 aliphatic heterocycles. The summed E-state index contributed by atoms with van der Waals surface area (Å²) in [4.78, 5) is 17.4. The molecule has 3 atom stereocenters. The van der Waals surface area contributed by atoms with Crippen LogP contribution in [-0.4, -0.2) is 61.1 Å². The van der Waals surface area contributed by atoms with Crippen molar-refractivity contribution < 1.29 is 9.53 Å². The predicted molar refractivity (Wildman–Crippen MR) is 93.9 cm³/mol. The lowest BCUT2D eigenvalue weighted by Gasteiger charge is -2.24. The molecule has 2 saturated heterocycles. The van der Waals surface area contributed by atoms with Crippen LogP contribution in [0.5, 0.6) is 0 Å². The molecule has 0 bridgehead atoms. The molecule has 2 heterocycles. The van der Waals surface area contributed by atoms with Crippen LogP contribution in [0.4, 0.5) is 0 Å². The minimum absolute atomic E-state index is 0.220. The largest absolute Gasteiger partial charge is 0.377 e. The van der Waals surface area contributed by atoms with E-state index in [0.717, 1.165) is 52.2 Å². The highest BCUT2D eigenvalue weighted by Crippen LogP contribution is 2.48. The van der Waals surface area contributed by atoms with Crippen molar-refractivity contribution in [3.05, 3.63) is 35.9 Å². The molecular weight excluding hydrogens is 300 g/mol. The van der Waals surface area contributed by atoms with Crippen LogP contribution in [0.25, 0.3) is 0 Å². The standard InChI is InChI=1S/C20H28N2O2/c23-20(19-14-18(19)16-6-2-1-3-7-16)22-10-5-9-21(11-12-22)15-17-8-4-13-24-17/h1-3,6-7,17-19H,4-5,8-15H2/t17?,18-,19+/m1/s1. The molecule has 1 aromatic carbocycles. The molecule has 1 aromatic rings. The number of hydrogen-bond acceptors (Lipinski definition) is 3. The quantitative estimate of drug-likeness (QED) is 0.851. The first-order valence-electron chi connectivity index (χ1n) is 9.49. The van der Waals surface area contributed by atoms with Crippen LogP contribution in [0.3, 0.4) is 0 Å². The van der Waals surface area contributed by atoms with Crippen molar-refractivity contribution >= 4 is 5.91 Å². The van der Waals surface area contributed by atoms with Crippen LogP contribution in [-0.2, 0) is 9.53 Å². The van der Waals surface area contributed by atoms with Crippen molar-refractivity contribution in [3.8, 4) is 0 Å². The summed E-state index contributed by atoms with van der Waals surface area (Å²) in [5, 5.41) is 0. The number of benzene rings is 1. The molecule has 0 spiro atoms. The number of amides is 1. The maximum absolute atomic E-state index is 12.8. The summed E-state index contributed by atoms with van der Waals surface area (Å²) >= 11 is 0. The Bertz CT molecular complexity index is 556. The third-order valence-corrected chi connectivity index (χ3v) is 5.72. The van der Waals surface area contributed by atoms with Gasteiger partial charge in [0.05, 0.1) is 6.10 Å². The maximum Gasteiger partial charge on any atom is 0.226 e. The highest BCUT2D eigenvalue weighted by molar-refractivity contribution is 5.83. The average Bonchev–Trinajstić information content (AvgIpc) is 3.32. The second-order valence-corrected chi connectivity index (χ2v) is 7.47. The molecular formula is C20H28N2O2. The summed E-state index contributed by atoms with van der Waals surface area (Å²) in [6.45, 7) is 5.84. The number of carbonyl (C=O) groups is 1. The monoisotopic (exact) mass is 328 g/mol. The summed E-state index contributed by atoms with van der Waals surface area (Å²) in [6, 6.07) is 10.5. The van der Waals surface area contributed by atoms with Crippen molar-refractivity contribution in [1.29, 1.82) is 0 Å². The molecule has 4 rings (SSSR count). The predicted octanol–water partition coefficient (Wildman–Crippen LogP) is 2.50. The number of rotatable bonds is 4. The highest BCUT2D eigenvalue weighted by Gasteiger charge is 2.45. The van der Waals surface area contributed by atoms with Crippen molar-refractivity contribution in [2.45, 2.75) is 37.7 Å². The number of nitrogens with zero attached hydrogens (tertiary/aromatic N) is 2. The van der Waals surface area contributed by atoms with Gasteiger partial charge in [0.2, 0.25) is 5.91 Å². The van der Waals surface area contributed by atoms with Crippen molar-refractivity contribution in [1.82, 2.24) is 9.80 Å². The second-order valence-electron chi connectivity index (χ2n) is 7.47. The number of hydrogen-bond donors (Lipinski definition) is 0. The van der Waals surface area contributed by atoms with E-state index in [4.69, 9.17) is 4.74 Å². The lowest BCUT2D eigenvalue weighted by molar-refractivity contribution is -0.132. The fourth-order valence-electron chi connectivity index (χ4n) is 4.22. The molecule has 1 unspecified atom stereocenters. The summed E-state index contributed by atoms with van der Waals surface area (Å²) in [5.41, 5.74) is 1.32. The summed E-state index contributed by atoms with van der Waals surface area (Å²) in [6.07, 6.45) is 4.92. The van der Waals surface area contributed by atoms with E-state index in [2.05, 4.69) is 34.1 Å². The van der Waals surface area contributed by atoms with Crippen LogP contribution >= 0.6 is 0 Å². The Morgan fingerprint density at radius 1 is 1.08 bits per heavy atom. The molecule has 130 valence electrons. The Morgan fingerprint density at radius 2 is 1.96 bits per heavy atom. The molecule has 1 amide bonds. The molecule has 3 fully saturated rings. The van der Waals surface area contributed by atoms with Crippen molar-refractivity contribution in [2.24, 2.45) is 5.92 Å². The van der Waals surface area contributed by atoms with Gasteiger partial charge in [0.1, 0.15) is 0 Å².